The number of nitrogens with zero attached hydrogens (tertiary/aromatic N) is 2. The van der Waals surface area contributed by atoms with Gasteiger partial charge in [0.15, 0.2) is 0 Å². The van der Waals surface area contributed by atoms with Crippen molar-refractivity contribution in [3.05, 3.63) is 71.2 Å². The normalized spacial score (nSPS) is 10.5. The van der Waals surface area contributed by atoms with E-state index in [9.17, 15) is 0 Å². The largest absolute Gasteiger partial charge is 0.370 e. The number of nitrogens with one attached hydrogen (secondary N) is 1. The third-order valence-electron chi connectivity index (χ3n) is 3.67. The highest BCUT2D eigenvalue weighted by atomic mass is 35.5. The minimum Gasteiger partial charge on any atom is -0.370 e. The van der Waals surface area contributed by atoms with Gasteiger partial charge in [0.25, 0.3) is 0 Å². The topological polar surface area (TPSA) is 63.8 Å². The maximum Gasteiger partial charge on any atom is 0.222 e. The van der Waals surface area contributed by atoms with Gasteiger partial charge in [0.1, 0.15) is 5.82 Å². The van der Waals surface area contributed by atoms with Crippen LogP contribution in [0.1, 0.15) is 12.0 Å². The van der Waals surface area contributed by atoms with E-state index in [4.69, 9.17) is 17.3 Å². The van der Waals surface area contributed by atoms with Crippen LogP contribution in [-0.4, -0.2) is 16.5 Å². The molecule has 0 bridgehead atoms. The van der Waals surface area contributed by atoms with Gasteiger partial charge in [0.05, 0.1) is 5.69 Å². The van der Waals surface area contributed by atoms with Gasteiger partial charge in [0, 0.05) is 23.2 Å². The number of aromatic nitrogens is 2. The zero-order valence-corrected chi connectivity index (χ0v) is 14.0. The van der Waals surface area contributed by atoms with Gasteiger partial charge in [-0.25, -0.2) is 4.98 Å². The number of nitrogens with two attached hydrogens (primary N) is 1. The molecule has 0 amide bonds. The Kier molecular flexibility index (Phi) is 5.29. The summed E-state index contributed by atoms with van der Waals surface area (Å²) in [6.07, 6.45) is 2.04. The molecule has 0 aliphatic carbocycles. The first-order chi connectivity index (χ1) is 11.7. The van der Waals surface area contributed by atoms with Crippen molar-refractivity contribution in [2.24, 2.45) is 0 Å². The van der Waals surface area contributed by atoms with Crippen molar-refractivity contribution in [1.29, 1.82) is 0 Å². The standard InChI is InChI=1S/C19H19ClN4/c20-16-10-8-15(9-11-16)17-13-18(24-19(21)23-17)22-12-4-7-14-5-2-1-3-6-14/h1-3,5-6,8-11,13H,4,7,12H2,(H3,21,22,23,24). The molecule has 0 saturated heterocycles. The fourth-order valence-corrected chi connectivity index (χ4v) is 2.60. The van der Waals surface area contributed by atoms with Gasteiger partial charge in [-0.1, -0.05) is 54.1 Å². The first kappa shape index (κ1) is 16.3. The molecule has 0 unspecified atom stereocenters. The zero-order chi connectivity index (χ0) is 16.8. The molecule has 5 heteroatoms. The van der Waals surface area contributed by atoms with E-state index in [2.05, 4.69) is 39.6 Å². The summed E-state index contributed by atoms with van der Waals surface area (Å²) in [6.45, 7) is 0.825. The summed E-state index contributed by atoms with van der Waals surface area (Å²) in [5.41, 5.74) is 8.91. The number of rotatable bonds is 6. The van der Waals surface area contributed by atoms with E-state index < -0.39 is 0 Å². The predicted octanol–water partition coefficient (Wildman–Crippen LogP) is 4.42. The Hall–Kier alpha value is -2.59. The summed E-state index contributed by atoms with van der Waals surface area (Å²) in [5.74, 6) is 0.994. The Morgan fingerprint density at radius 1 is 0.958 bits per heavy atom. The molecule has 0 saturated carbocycles. The zero-order valence-electron chi connectivity index (χ0n) is 13.2. The van der Waals surface area contributed by atoms with Gasteiger partial charge in [-0.2, -0.15) is 4.98 Å². The average molecular weight is 339 g/mol. The van der Waals surface area contributed by atoms with E-state index in [0.717, 1.165) is 36.5 Å². The van der Waals surface area contributed by atoms with Gasteiger partial charge in [-0.15, -0.1) is 0 Å². The quantitative estimate of drug-likeness (QED) is 0.653. The van der Waals surface area contributed by atoms with E-state index in [1.165, 1.54) is 5.56 Å². The van der Waals surface area contributed by atoms with Crippen LogP contribution in [0.5, 0.6) is 0 Å². The molecular weight excluding hydrogens is 320 g/mol. The Labute approximate surface area is 146 Å². The lowest BCUT2D eigenvalue weighted by Gasteiger charge is -2.09. The van der Waals surface area contributed by atoms with E-state index in [1.807, 2.05) is 36.4 Å². The number of anilines is 2. The van der Waals surface area contributed by atoms with Crippen LogP contribution in [0, 0.1) is 0 Å². The van der Waals surface area contributed by atoms with Crippen molar-refractivity contribution in [1.82, 2.24) is 9.97 Å². The molecule has 1 heterocycles. The lowest BCUT2D eigenvalue weighted by atomic mass is 10.1. The fourth-order valence-electron chi connectivity index (χ4n) is 2.48. The highest BCUT2D eigenvalue weighted by molar-refractivity contribution is 6.30. The third kappa shape index (κ3) is 4.46. The second-order valence-corrected chi connectivity index (χ2v) is 5.96. The minimum absolute atomic E-state index is 0.257. The summed E-state index contributed by atoms with van der Waals surface area (Å²) in [5, 5.41) is 4.01. The smallest absolute Gasteiger partial charge is 0.222 e. The number of hydrogen-bond acceptors (Lipinski definition) is 4. The lowest BCUT2D eigenvalue weighted by molar-refractivity contribution is 0.858. The predicted molar refractivity (Wildman–Crippen MR) is 100 cm³/mol. The second-order valence-electron chi connectivity index (χ2n) is 5.52. The number of aryl methyl sites for hydroxylation is 1. The van der Waals surface area contributed by atoms with E-state index in [-0.39, 0.29) is 5.95 Å². The minimum atomic E-state index is 0.257. The summed E-state index contributed by atoms with van der Waals surface area (Å²) in [7, 11) is 0. The first-order valence-corrected chi connectivity index (χ1v) is 8.27. The van der Waals surface area contributed by atoms with Gasteiger partial charge < -0.3 is 11.1 Å². The summed E-state index contributed by atoms with van der Waals surface area (Å²) in [4.78, 5) is 8.54. The second kappa shape index (κ2) is 7.79. The molecule has 1 aromatic heterocycles. The SMILES string of the molecule is Nc1nc(NCCCc2ccccc2)cc(-c2ccc(Cl)cc2)n1. The maximum absolute atomic E-state index is 5.93. The molecule has 4 nitrogen and oxygen atoms in total. The maximum atomic E-state index is 5.93. The van der Waals surface area contributed by atoms with Crippen LogP contribution in [0.25, 0.3) is 11.3 Å². The van der Waals surface area contributed by atoms with Crippen LogP contribution in [0.2, 0.25) is 5.02 Å². The van der Waals surface area contributed by atoms with Crippen LogP contribution >= 0.6 is 11.6 Å². The third-order valence-corrected chi connectivity index (χ3v) is 3.93. The Morgan fingerprint density at radius 3 is 2.46 bits per heavy atom. The van der Waals surface area contributed by atoms with Gasteiger partial charge in [0.2, 0.25) is 5.95 Å². The van der Waals surface area contributed by atoms with Crippen LogP contribution in [0.3, 0.4) is 0 Å². The molecule has 0 atom stereocenters. The van der Waals surface area contributed by atoms with Crippen LogP contribution in [-0.2, 0) is 6.42 Å². The fraction of sp³-hybridized carbons (Fsp3) is 0.158. The van der Waals surface area contributed by atoms with Crippen molar-refractivity contribution in [3.63, 3.8) is 0 Å². The summed E-state index contributed by atoms with van der Waals surface area (Å²) < 4.78 is 0. The molecule has 2 aromatic carbocycles. The molecule has 3 N–H and O–H groups in total. The molecule has 0 aliphatic heterocycles. The monoisotopic (exact) mass is 338 g/mol. The number of nitrogen functional groups attached to an aromatic ring is 1. The van der Waals surface area contributed by atoms with E-state index >= 15 is 0 Å². The molecule has 0 aliphatic rings. The highest BCUT2D eigenvalue weighted by Gasteiger charge is 2.05. The molecule has 122 valence electrons. The molecule has 3 aromatic rings. The molecule has 0 fully saturated rings. The molecule has 24 heavy (non-hydrogen) atoms. The summed E-state index contributed by atoms with van der Waals surface area (Å²) >= 11 is 5.93. The summed E-state index contributed by atoms with van der Waals surface area (Å²) in [6, 6.07) is 19.9. The average Bonchev–Trinajstić information content (AvgIpc) is 2.60. The van der Waals surface area contributed by atoms with E-state index in [0.29, 0.717) is 5.02 Å². The van der Waals surface area contributed by atoms with Crippen molar-refractivity contribution in [3.8, 4) is 11.3 Å². The first-order valence-electron chi connectivity index (χ1n) is 7.89. The molecular formula is C19H19ClN4. The number of halogens is 1. The Bertz CT molecular complexity index is 788. The Balaban J connectivity index is 1.62. The van der Waals surface area contributed by atoms with Gasteiger partial charge in [-0.3, -0.25) is 0 Å². The lowest BCUT2D eigenvalue weighted by Crippen LogP contribution is -2.07. The molecule has 0 spiro atoms. The molecule has 0 radical (unpaired) electrons. The van der Waals surface area contributed by atoms with Crippen molar-refractivity contribution >= 4 is 23.4 Å². The van der Waals surface area contributed by atoms with Crippen molar-refractivity contribution in [2.75, 3.05) is 17.6 Å². The van der Waals surface area contributed by atoms with Crippen LogP contribution in [0.4, 0.5) is 11.8 Å². The number of hydrogen-bond donors (Lipinski definition) is 2. The Morgan fingerprint density at radius 2 is 1.71 bits per heavy atom. The van der Waals surface area contributed by atoms with Crippen LogP contribution < -0.4 is 11.1 Å². The van der Waals surface area contributed by atoms with E-state index in [1.54, 1.807) is 0 Å². The van der Waals surface area contributed by atoms with Crippen molar-refractivity contribution < 1.29 is 0 Å². The van der Waals surface area contributed by atoms with Gasteiger partial charge in [-0.05, 0) is 30.5 Å². The van der Waals surface area contributed by atoms with Crippen LogP contribution in [0.15, 0.2) is 60.7 Å². The highest BCUT2D eigenvalue weighted by Crippen LogP contribution is 2.22. The van der Waals surface area contributed by atoms with Gasteiger partial charge >= 0.3 is 0 Å². The van der Waals surface area contributed by atoms with Crippen molar-refractivity contribution in [2.45, 2.75) is 12.8 Å². The molecule has 3 rings (SSSR count). The number of benzene rings is 2.